The largest absolute Gasteiger partial charge is 0.497 e. The van der Waals surface area contributed by atoms with E-state index in [1.807, 2.05) is 18.2 Å². The van der Waals surface area contributed by atoms with Gasteiger partial charge in [-0.25, -0.2) is 0 Å². The summed E-state index contributed by atoms with van der Waals surface area (Å²) in [6.07, 6.45) is 7.41. The fraction of sp³-hybridized carbons (Fsp3) is 0.417. The molecule has 0 spiro atoms. The second-order valence-electron chi connectivity index (χ2n) is 7.18. The molecule has 3 nitrogen and oxygen atoms in total. The van der Waals surface area contributed by atoms with Crippen LogP contribution >= 0.6 is 0 Å². The molecule has 1 fully saturated rings. The van der Waals surface area contributed by atoms with Crippen LogP contribution in [0.15, 0.2) is 60.7 Å². The van der Waals surface area contributed by atoms with Gasteiger partial charge < -0.3 is 14.2 Å². The molecule has 3 rings (SSSR count). The second kappa shape index (κ2) is 9.20. The third-order valence-corrected chi connectivity index (χ3v) is 5.56. The fourth-order valence-corrected chi connectivity index (χ4v) is 3.68. The number of hydrogen-bond donors (Lipinski definition) is 0. The molecule has 0 radical (unpaired) electrons. The highest BCUT2D eigenvalue weighted by atomic mass is 16.6. The minimum atomic E-state index is -0.208. The van der Waals surface area contributed by atoms with Gasteiger partial charge in [0.1, 0.15) is 5.75 Å². The van der Waals surface area contributed by atoms with Gasteiger partial charge in [0, 0.05) is 0 Å². The van der Waals surface area contributed by atoms with E-state index in [-0.39, 0.29) is 17.8 Å². The van der Waals surface area contributed by atoms with Gasteiger partial charge in [-0.2, -0.15) is 0 Å². The quantitative estimate of drug-likeness (QED) is 0.634. The third kappa shape index (κ3) is 5.00. The average molecular weight is 367 g/mol. The van der Waals surface area contributed by atoms with Crippen molar-refractivity contribution >= 4 is 6.08 Å². The van der Waals surface area contributed by atoms with E-state index in [4.69, 9.17) is 14.2 Å². The van der Waals surface area contributed by atoms with Crippen LogP contribution in [0.5, 0.6) is 5.75 Å². The first kappa shape index (κ1) is 19.7. The van der Waals surface area contributed by atoms with Crippen LogP contribution in [-0.2, 0) is 16.1 Å². The van der Waals surface area contributed by atoms with E-state index < -0.39 is 0 Å². The summed E-state index contributed by atoms with van der Waals surface area (Å²) in [5, 5.41) is 0. The Morgan fingerprint density at radius 2 is 1.85 bits per heavy atom. The second-order valence-corrected chi connectivity index (χ2v) is 7.18. The number of hydrogen-bond acceptors (Lipinski definition) is 3. The van der Waals surface area contributed by atoms with Crippen molar-refractivity contribution < 1.29 is 14.2 Å². The lowest BCUT2D eigenvalue weighted by molar-refractivity contribution is -0.192. The molecule has 0 bridgehead atoms. The molecule has 1 aliphatic heterocycles. The number of rotatable bonds is 7. The van der Waals surface area contributed by atoms with E-state index in [1.165, 1.54) is 5.56 Å². The minimum absolute atomic E-state index is 0.0606. The van der Waals surface area contributed by atoms with E-state index in [0.29, 0.717) is 6.61 Å². The summed E-state index contributed by atoms with van der Waals surface area (Å²) in [4.78, 5) is 0. The zero-order chi connectivity index (χ0) is 19.1. The highest BCUT2D eigenvalue weighted by molar-refractivity contribution is 5.51. The van der Waals surface area contributed by atoms with Gasteiger partial charge in [0.25, 0.3) is 0 Å². The van der Waals surface area contributed by atoms with Crippen molar-refractivity contribution in [2.45, 2.75) is 57.5 Å². The molecule has 0 saturated carbocycles. The summed E-state index contributed by atoms with van der Waals surface area (Å²) in [6.45, 7) is 4.97. The summed E-state index contributed by atoms with van der Waals surface area (Å²) in [5.41, 5.74) is 2.15. The van der Waals surface area contributed by atoms with Crippen molar-refractivity contribution in [2.75, 3.05) is 7.11 Å². The lowest BCUT2D eigenvalue weighted by Gasteiger charge is -2.44. The summed E-state index contributed by atoms with van der Waals surface area (Å²) >= 11 is 0. The van der Waals surface area contributed by atoms with E-state index in [2.05, 4.69) is 62.4 Å². The Kier molecular flexibility index (Phi) is 6.70. The molecule has 2 aromatic carbocycles. The van der Waals surface area contributed by atoms with Crippen LogP contribution in [0, 0.1) is 0 Å². The molecular formula is C24H30O3. The molecule has 1 saturated heterocycles. The first-order valence-corrected chi connectivity index (χ1v) is 9.81. The van der Waals surface area contributed by atoms with E-state index in [0.717, 1.165) is 30.6 Å². The maximum Gasteiger partial charge on any atom is 0.118 e. The van der Waals surface area contributed by atoms with Crippen LogP contribution in [0.4, 0.5) is 0 Å². The maximum atomic E-state index is 6.39. The van der Waals surface area contributed by atoms with Crippen molar-refractivity contribution in [3.8, 4) is 5.75 Å². The highest BCUT2D eigenvalue weighted by Crippen LogP contribution is 2.36. The van der Waals surface area contributed by atoms with Gasteiger partial charge in [-0.1, -0.05) is 61.5 Å². The van der Waals surface area contributed by atoms with Crippen molar-refractivity contribution in [1.82, 2.24) is 0 Å². The maximum absolute atomic E-state index is 6.39. The molecule has 0 unspecified atom stereocenters. The molecule has 3 heteroatoms. The van der Waals surface area contributed by atoms with E-state index in [1.54, 1.807) is 7.11 Å². The summed E-state index contributed by atoms with van der Waals surface area (Å²) in [5.74, 6) is 0.873. The Balaban J connectivity index is 1.58. The Morgan fingerprint density at radius 3 is 2.48 bits per heavy atom. The number of methoxy groups -OCH3 is 1. The minimum Gasteiger partial charge on any atom is -0.497 e. The van der Waals surface area contributed by atoms with Crippen molar-refractivity contribution in [1.29, 1.82) is 0 Å². The highest BCUT2D eigenvalue weighted by Gasteiger charge is 2.41. The van der Waals surface area contributed by atoms with Crippen LogP contribution in [0.3, 0.4) is 0 Å². The standard InChI is InChI=1S/C24H30O3/c1-4-24(26-18-21-8-6-5-7-9-21)17-16-23(27-19(24)2)15-12-20-10-13-22(25-3)14-11-20/h5-15,19,23H,4,16-18H2,1-3H3/b15-12+/t19-,23+,24+/m0/s1. The van der Waals surface area contributed by atoms with Gasteiger partial charge >= 0.3 is 0 Å². The summed E-state index contributed by atoms with van der Waals surface area (Å²) < 4.78 is 17.9. The molecule has 1 heterocycles. The molecule has 0 amide bonds. The van der Waals surface area contributed by atoms with Crippen LogP contribution in [0.1, 0.15) is 44.2 Å². The summed E-state index contributed by atoms with van der Waals surface area (Å²) in [6, 6.07) is 18.4. The number of benzene rings is 2. The molecular weight excluding hydrogens is 336 g/mol. The van der Waals surface area contributed by atoms with Gasteiger partial charge in [-0.3, -0.25) is 0 Å². The zero-order valence-electron chi connectivity index (χ0n) is 16.6. The lowest BCUT2D eigenvalue weighted by atomic mass is 9.84. The van der Waals surface area contributed by atoms with Gasteiger partial charge in [-0.05, 0) is 49.4 Å². The summed E-state index contributed by atoms with van der Waals surface area (Å²) in [7, 11) is 1.68. The SMILES string of the molecule is CC[C@@]1(OCc2ccccc2)CC[C@@H](/C=C/c2ccc(OC)cc2)O[C@H]1C. The monoisotopic (exact) mass is 366 g/mol. The molecule has 1 aliphatic rings. The van der Waals surface area contributed by atoms with Gasteiger partial charge in [-0.15, -0.1) is 0 Å². The Bertz CT molecular complexity index is 723. The smallest absolute Gasteiger partial charge is 0.118 e. The van der Waals surface area contributed by atoms with E-state index in [9.17, 15) is 0 Å². The molecule has 0 aromatic heterocycles. The Labute approximate surface area is 163 Å². The van der Waals surface area contributed by atoms with Gasteiger partial charge in [0.2, 0.25) is 0 Å². The molecule has 27 heavy (non-hydrogen) atoms. The molecule has 144 valence electrons. The first-order valence-electron chi connectivity index (χ1n) is 9.81. The number of ether oxygens (including phenoxy) is 3. The van der Waals surface area contributed by atoms with Crippen LogP contribution in [0.25, 0.3) is 6.08 Å². The molecule has 0 aliphatic carbocycles. The van der Waals surface area contributed by atoms with Gasteiger partial charge in [0.05, 0.1) is 31.5 Å². The molecule has 3 atom stereocenters. The fourth-order valence-electron chi connectivity index (χ4n) is 3.68. The van der Waals surface area contributed by atoms with Crippen molar-refractivity contribution in [3.63, 3.8) is 0 Å². The molecule has 0 N–H and O–H groups in total. The zero-order valence-corrected chi connectivity index (χ0v) is 16.6. The predicted molar refractivity (Wildman–Crippen MR) is 110 cm³/mol. The first-order chi connectivity index (χ1) is 13.1. The Morgan fingerprint density at radius 1 is 1.11 bits per heavy atom. The normalized spacial score (nSPS) is 25.6. The third-order valence-electron chi connectivity index (χ3n) is 5.56. The Hall–Kier alpha value is -2.10. The van der Waals surface area contributed by atoms with E-state index >= 15 is 0 Å². The van der Waals surface area contributed by atoms with Crippen molar-refractivity contribution in [3.05, 3.63) is 71.8 Å². The van der Waals surface area contributed by atoms with Crippen molar-refractivity contribution in [2.24, 2.45) is 0 Å². The average Bonchev–Trinajstić information content (AvgIpc) is 2.73. The van der Waals surface area contributed by atoms with Crippen LogP contribution < -0.4 is 4.74 Å². The predicted octanol–water partition coefficient (Wildman–Crippen LogP) is 5.64. The lowest BCUT2D eigenvalue weighted by Crippen LogP contribution is -2.49. The van der Waals surface area contributed by atoms with Crippen LogP contribution in [0.2, 0.25) is 0 Å². The van der Waals surface area contributed by atoms with Crippen LogP contribution in [-0.4, -0.2) is 24.9 Å². The van der Waals surface area contributed by atoms with Gasteiger partial charge in [0.15, 0.2) is 0 Å². The topological polar surface area (TPSA) is 27.7 Å². The molecule has 2 aromatic rings.